The number of nitrogens with one attached hydrogen (secondary N) is 2. The molecule has 2 N–H and O–H groups in total. The highest BCUT2D eigenvalue weighted by Crippen LogP contribution is 2.25. The number of rotatable bonds is 11. The van der Waals surface area contributed by atoms with Gasteiger partial charge in [-0.25, -0.2) is 0 Å². The van der Waals surface area contributed by atoms with Crippen molar-refractivity contribution in [2.75, 3.05) is 52.0 Å². The highest BCUT2D eigenvalue weighted by Gasteiger charge is 2.27. The zero-order chi connectivity index (χ0) is 22.8. The predicted octanol–water partition coefficient (Wildman–Crippen LogP) is 2.80. The Bertz CT molecular complexity index is 857. The topological polar surface area (TPSA) is 79.9 Å². The molecule has 1 aliphatic rings. The average molecular weight is 478 g/mol. The van der Waals surface area contributed by atoms with Gasteiger partial charge in [0, 0.05) is 24.5 Å². The lowest BCUT2D eigenvalue weighted by atomic mass is 10.1. The number of hydrogen-bond acceptors (Lipinski definition) is 7. The van der Waals surface area contributed by atoms with Gasteiger partial charge in [0.05, 0.1) is 31.9 Å². The lowest BCUT2D eigenvalue weighted by Gasteiger charge is -2.34. The number of carbonyl (C=O) groups excluding carboxylic acids is 2. The van der Waals surface area contributed by atoms with Gasteiger partial charge in [0.2, 0.25) is 5.91 Å². The maximum Gasteiger partial charge on any atom is 0.255 e. The van der Waals surface area contributed by atoms with Crippen LogP contribution < -0.4 is 15.4 Å². The summed E-state index contributed by atoms with van der Waals surface area (Å²) in [6.07, 6.45) is 2.54. The number of thioether (sulfide) groups is 1. The van der Waals surface area contributed by atoms with Gasteiger partial charge in [-0.2, -0.15) is 11.8 Å². The Morgan fingerprint density at radius 2 is 2.00 bits per heavy atom. The van der Waals surface area contributed by atoms with E-state index in [1.807, 2.05) is 18.4 Å². The minimum absolute atomic E-state index is 0.0916. The summed E-state index contributed by atoms with van der Waals surface area (Å²) >= 11 is 3.34. The fourth-order valence-corrected chi connectivity index (χ4v) is 5.01. The first-order valence-electron chi connectivity index (χ1n) is 10.7. The van der Waals surface area contributed by atoms with Gasteiger partial charge < -0.3 is 20.1 Å². The molecule has 1 aromatic carbocycles. The minimum Gasteiger partial charge on any atom is -0.496 e. The number of ether oxygens (including phenoxy) is 2. The number of para-hydroxylation sites is 1. The van der Waals surface area contributed by atoms with E-state index in [9.17, 15) is 9.59 Å². The molecular weight excluding hydrogens is 446 g/mol. The molecule has 1 aliphatic heterocycles. The third kappa shape index (κ3) is 6.71. The summed E-state index contributed by atoms with van der Waals surface area (Å²) in [6.45, 7) is 3.54. The van der Waals surface area contributed by atoms with Gasteiger partial charge in [-0.3, -0.25) is 14.5 Å². The van der Waals surface area contributed by atoms with Crippen molar-refractivity contribution in [1.29, 1.82) is 0 Å². The van der Waals surface area contributed by atoms with Crippen LogP contribution in [0, 0.1) is 0 Å². The van der Waals surface area contributed by atoms with E-state index in [0.29, 0.717) is 37.5 Å². The molecule has 0 spiro atoms. The van der Waals surface area contributed by atoms with Crippen LogP contribution in [0.2, 0.25) is 0 Å². The lowest BCUT2D eigenvalue weighted by molar-refractivity contribution is -0.123. The van der Waals surface area contributed by atoms with E-state index < -0.39 is 6.04 Å². The first-order chi connectivity index (χ1) is 15.6. The summed E-state index contributed by atoms with van der Waals surface area (Å²) < 4.78 is 10.8. The number of amides is 2. The van der Waals surface area contributed by atoms with Crippen LogP contribution in [-0.2, 0) is 9.53 Å². The van der Waals surface area contributed by atoms with Crippen molar-refractivity contribution in [2.24, 2.45) is 0 Å². The molecular formula is C23H31N3O4S2. The van der Waals surface area contributed by atoms with Gasteiger partial charge in [-0.1, -0.05) is 18.2 Å². The predicted molar refractivity (Wildman–Crippen MR) is 130 cm³/mol. The summed E-state index contributed by atoms with van der Waals surface area (Å²) in [6, 6.07) is 10.6. The summed E-state index contributed by atoms with van der Waals surface area (Å²) in [5, 5.41) is 8.05. The van der Waals surface area contributed by atoms with E-state index >= 15 is 0 Å². The van der Waals surface area contributed by atoms with Crippen LogP contribution in [0.15, 0.2) is 41.8 Å². The van der Waals surface area contributed by atoms with Gasteiger partial charge in [-0.15, -0.1) is 11.3 Å². The smallest absolute Gasteiger partial charge is 0.255 e. The van der Waals surface area contributed by atoms with Crippen molar-refractivity contribution in [2.45, 2.75) is 18.5 Å². The molecule has 2 aromatic rings. The molecule has 9 heteroatoms. The Balaban J connectivity index is 1.67. The quantitative estimate of drug-likeness (QED) is 0.518. The van der Waals surface area contributed by atoms with E-state index in [0.717, 1.165) is 18.8 Å². The second-order valence-electron chi connectivity index (χ2n) is 7.43. The number of hydrogen-bond donors (Lipinski definition) is 2. The molecule has 3 rings (SSSR count). The Kier molecular flexibility index (Phi) is 9.86. The number of carbonyl (C=O) groups is 2. The van der Waals surface area contributed by atoms with Crippen molar-refractivity contribution >= 4 is 34.9 Å². The van der Waals surface area contributed by atoms with Crippen molar-refractivity contribution < 1.29 is 19.1 Å². The van der Waals surface area contributed by atoms with Crippen LogP contribution in [0.1, 0.15) is 27.7 Å². The Morgan fingerprint density at radius 3 is 2.69 bits per heavy atom. The number of thiophene rings is 1. The van der Waals surface area contributed by atoms with Crippen LogP contribution in [0.4, 0.5) is 0 Å². The maximum absolute atomic E-state index is 13.1. The number of benzene rings is 1. The molecule has 2 amide bonds. The van der Waals surface area contributed by atoms with E-state index in [-0.39, 0.29) is 17.9 Å². The summed E-state index contributed by atoms with van der Waals surface area (Å²) in [7, 11) is 1.53. The molecule has 1 saturated heterocycles. The summed E-state index contributed by atoms with van der Waals surface area (Å²) in [5.41, 5.74) is 0.418. The molecule has 7 nitrogen and oxygen atoms in total. The van der Waals surface area contributed by atoms with Crippen molar-refractivity contribution in [3.05, 3.63) is 52.2 Å². The fourth-order valence-electron chi connectivity index (χ4n) is 3.67. The van der Waals surface area contributed by atoms with Crippen LogP contribution in [0.5, 0.6) is 5.75 Å². The third-order valence-corrected chi connectivity index (χ3v) is 7.03. The Hall–Kier alpha value is -2.07. The van der Waals surface area contributed by atoms with Crippen LogP contribution in [0.25, 0.3) is 0 Å². The Morgan fingerprint density at radius 1 is 1.22 bits per heavy atom. The zero-order valence-corrected chi connectivity index (χ0v) is 20.2. The molecule has 0 saturated carbocycles. The van der Waals surface area contributed by atoms with Crippen LogP contribution >= 0.6 is 23.1 Å². The van der Waals surface area contributed by atoms with Gasteiger partial charge in [0.15, 0.2) is 0 Å². The molecule has 0 bridgehead atoms. The standard InChI is InChI=1S/C23H31N3O4S2/c1-29-20-7-4-3-6-17(20)22(27)25-18(9-15-31-2)23(28)24-16-19(21-8-5-14-32-21)26-10-12-30-13-11-26/h3-8,14,18-19H,9-13,15-16H2,1-2H3,(H,24,28)(H,25,27)/t18-,19+/m1/s1. The van der Waals surface area contributed by atoms with Crippen molar-refractivity contribution in [1.82, 2.24) is 15.5 Å². The maximum atomic E-state index is 13.1. The molecule has 174 valence electrons. The van der Waals surface area contributed by atoms with E-state index in [1.165, 1.54) is 12.0 Å². The SMILES string of the molecule is COc1ccccc1C(=O)N[C@H](CCSC)C(=O)NC[C@@H](c1cccs1)N1CCOCC1. The van der Waals surface area contributed by atoms with Gasteiger partial charge in [0.25, 0.3) is 5.91 Å². The lowest BCUT2D eigenvalue weighted by Crippen LogP contribution is -2.50. The van der Waals surface area contributed by atoms with E-state index in [4.69, 9.17) is 9.47 Å². The molecule has 0 aliphatic carbocycles. The fraction of sp³-hybridized carbons (Fsp3) is 0.478. The second-order valence-corrected chi connectivity index (χ2v) is 9.40. The van der Waals surface area contributed by atoms with Gasteiger partial charge >= 0.3 is 0 Å². The minimum atomic E-state index is -0.617. The molecule has 32 heavy (non-hydrogen) atoms. The van der Waals surface area contributed by atoms with Crippen LogP contribution in [-0.4, -0.2) is 74.7 Å². The Labute approximate surface area is 197 Å². The molecule has 0 radical (unpaired) electrons. The zero-order valence-electron chi connectivity index (χ0n) is 18.5. The highest BCUT2D eigenvalue weighted by molar-refractivity contribution is 7.98. The third-order valence-electron chi connectivity index (χ3n) is 5.41. The summed E-state index contributed by atoms with van der Waals surface area (Å²) in [4.78, 5) is 29.6. The van der Waals surface area contributed by atoms with E-state index in [1.54, 1.807) is 41.3 Å². The molecule has 0 unspecified atom stereocenters. The van der Waals surface area contributed by atoms with Crippen molar-refractivity contribution in [3.8, 4) is 5.75 Å². The first kappa shape index (κ1) is 24.6. The van der Waals surface area contributed by atoms with Gasteiger partial charge in [-0.05, 0) is 42.0 Å². The normalized spacial score (nSPS) is 16.2. The largest absolute Gasteiger partial charge is 0.496 e. The molecule has 1 aromatic heterocycles. The average Bonchev–Trinajstić information content (AvgIpc) is 3.37. The van der Waals surface area contributed by atoms with Crippen molar-refractivity contribution in [3.63, 3.8) is 0 Å². The first-order valence-corrected chi connectivity index (χ1v) is 13.0. The number of morpholine rings is 1. The van der Waals surface area contributed by atoms with Crippen LogP contribution in [0.3, 0.4) is 0 Å². The second kappa shape index (κ2) is 12.8. The highest BCUT2D eigenvalue weighted by atomic mass is 32.2. The molecule has 1 fully saturated rings. The number of methoxy groups -OCH3 is 1. The summed E-state index contributed by atoms with van der Waals surface area (Å²) in [5.74, 6) is 0.769. The monoisotopic (exact) mass is 477 g/mol. The number of nitrogens with zero attached hydrogens (tertiary/aromatic N) is 1. The molecule has 2 atom stereocenters. The van der Waals surface area contributed by atoms with E-state index in [2.05, 4.69) is 27.0 Å². The molecule has 2 heterocycles. The van der Waals surface area contributed by atoms with Gasteiger partial charge in [0.1, 0.15) is 11.8 Å².